The van der Waals surface area contributed by atoms with E-state index in [1.807, 2.05) is 6.92 Å². The minimum absolute atomic E-state index is 0.0552. The van der Waals surface area contributed by atoms with Crippen molar-refractivity contribution in [1.82, 2.24) is 10.2 Å². The Morgan fingerprint density at radius 2 is 2.17 bits per heavy atom. The van der Waals surface area contributed by atoms with Gasteiger partial charge in [-0.1, -0.05) is 6.92 Å². The van der Waals surface area contributed by atoms with Gasteiger partial charge in [0, 0.05) is 31.7 Å². The van der Waals surface area contributed by atoms with E-state index in [1.54, 1.807) is 6.07 Å². The first kappa shape index (κ1) is 16.3. The summed E-state index contributed by atoms with van der Waals surface area (Å²) in [4.78, 5) is 13.9. The number of morpholine rings is 1. The van der Waals surface area contributed by atoms with Crippen molar-refractivity contribution in [2.45, 2.75) is 38.7 Å². The average molecular weight is 328 g/mol. The van der Waals surface area contributed by atoms with Crippen LogP contribution in [0, 0.1) is 0 Å². The molecule has 1 saturated heterocycles. The predicted molar refractivity (Wildman–Crippen MR) is 77.9 cm³/mol. The molecule has 0 aliphatic carbocycles. The number of ether oxygens (including phenoxy) is 1. The third-order valence-corrected chi connectivity index (χ3v) is 4.37. The lowest BCUT2D eigenvalue weighted by molar-refractivity contribution is -0.138. The van der Waals surface area contributed by atoms with Crippen LogP contribution < -0.4 is 5.32 Å². The summed E-state index contributed by atoms with van der Waals surface area (Å²) in [5.74, 6) is -0.430. The second-order valence-corrected chi connectivity index (χ2v) is 5.99. The second-order valence-electron chi connectivity index (χ2n) is 5.99. The van der Waals surface area contributed by atoms with Crippen molar-refractivity contribution in [3.8, 4) is 0 Å². The van der Waals surface area contributed by atoms with Crippen LogP contribution in [0.2, 0.25) is 0 Å². The molecule has 1 aromatic carbocycles. The van der Waals surface area contributed by atoms with Crippen LogP contribution in [0.1, 0.15) is 40.4 Å². The zero-order chi connectivity index (χ0) is 16.6. The number of rotatable bonds is 3. The average Bonchev–Trinajstić information content (AvgIpc) is 2.87. The van der Waals surface area contributed by atoms with Crippen molar-refractivity contribution in [2.75, 3.05) is 19.7 Å². The van der Waals surface area contributed by atoms with Crippen LogP contribution in [0.4, 0.5) is 13.2 Å². The number of alkyl halides is 3. The van der Waals surface area contributed by atoms with Gasteiger partial charge in [-0.3, -0.25) is 9.69 Å². The highest BCUT2D eigenvalue weighted by molar-refractivity contribution is 5.99. The first-order valence-electron chi connectivity index (χ1n) is 7.73. The fraction of sp³-hybridized carbons (Fsp3) is 0.562. The Balaban J connectivity index is 1.88. The maximum Gasteiger partial charge on any atom is 0.416 e. The first-order chi connectivity index (χ1) is 10.9. The van der Waals surface area contributed by atoms with E-state index in [2.05, 4.69) is 10.2 Å². The Hall–Kier alpha value is -1.60. The van der Waals surface area contributed by atoms with Gasteiger partial charge in [0.05, 0.1) is 18.3 Å². The molecule has 0 aromatic heterocycles. The number of benzene rings is 1. The van der Waals surface area contributed by atoms with E-state index in [0.29, 0.717) is 31.8 Å². The van der Waals surface area contributed by atoms with Gasteiger partial charge in [0.2, 0.25) is 0 Å². The summed E-state index contributed by atoms with van der Waals surface area (Å²) in [6.45, 7) is 4.32. The van der Waals surface area contributed by atoms with Crippen LogP contribution in [0.15, 0.2) is 12.1 Å². The Bertz CT molecular complexity index is 616. The fourth-order valence-corrected chi connectivity index (χ4v) is 3.16. The fourth-order valence-electron chi connectivity index (χ4n) is 3.16. The van der Waals surface area contributed by atoms with Crippen LogP contribution >= 0.6 is 0 Å². The van der Waals surface area contributed by atoms with Crippen molar-refractivity contribution in [3.63, 3.8) is 0 Å². The summed E-state index contributed by atoms with van der Waals surface area (Å²) < 4.78 is 45.4. The third-order valence-electron chi connectivity index (χ3n) is 4.37. The minimum atomic E-state index is -4.46. The lowest BCUT2D eigenvalue weighted by Gasteiger charge is -2.32. The molecule has 3 rings (SSSR count). The van der Waals surface area contributed by atoms with E-state index < -0.39 is 17.6 Å². The number of nitrogens with zero attached hydrogens (tertiary/aromatic N) is 1. The molecule has 4 nitrogen and oxygen atoms in total. The largest absolute Gasteiger partial charge is 0.416 e. The molecule has 126 valence electrons. The number of hydrogen-bond donors (Lipinski definition) is 1. The normalized spacial score (nSPS) is 22.1. The van der Waals surface area contributed by atoms with Gasteiger partial charge in [-0.15, -0.1) is 0 Å². The first-order valence-corrected chi connectivity index (χ1v) is 7.73. The van der Waals surface area contributed by atoms with Gasteiger partial charge >= 0.3 is 6.18 Å². The molecule has 2 heterocycles. The van der Waals surface area contributed by atoms with Gasteiger partial charge in [0.25, 0.3) is 5.91 Å². The molecule has 1 amide bonds. The molecule has 0 unspecified atom stereocenters. The number of carbonyl (C=O) groups is 1. The Morgan fingerprint density at radius 3 is 2.87 bits per heavy atom. The lowest BCUT2D eigenvalue weighted by Crippen LogP contribution is -2.41. The Morgan fingerprint density at radius 1 is 1.39 bits per heavy atom. The van der Waals surface area contributed by atoms with Crippen molar-refractivity contribution in [1.29, 1.82) is 0 Å². The molecule has 0 spiro atoms. The molecule has 23 heavy (non-hydrogen) atoms. The molecule has 1 fully saturated rings. The monoisotopic (exact) mass is 328 g/mol. The maximum absolute atomic E-state index is 13.3. The summed E-state index contributed by atoms with van der Waals surface area (Å²) in [5.41, 5.74) is 0.0170. The van der Waals surface area contributed by atoms with Crippen LogP contribution in [-0.2, 0) is 24.0 Å². The van der Waals surface area contributed by atoms with Crippen LogP contribution in [0.5, 0.6) is 0 Å². The molecule has 1 N–H and O–H groups in total. The number of halogens is 3. The number of fused-ring (bicyclic) bond motifs is 1. The van der Waals surface area contributed by atoms with E-state index in [-0.39, 0.29) is 23.8 Å². The van der Waals surface area contributed by atoms with E-state index >= 15 is 0 Å². The van der Waals surface area contributed by atoms with Gasteiger partial charge in [0.15, 0.2) is 0 Å². The van der Waals surface area contributed by atoms with E-state index in [0.717, 1.165) is 6.42 Å². The molecule has 0 saturated carbocycles. The molecule has 7 heteroatoms. The van der Waals surface area contributed by atoms with Crippen molar-refractivity contribution >= 4 is 5.91 Å². The SMILES string of the molecule is CC[C@@H]1CN(Cc2cc3c(c(C(F)(F)F)c2)CNC3=O)CCO1. The molecule has 2 aliphatic heterocycles. The van der Waals surface area contributed by atoms with Crippen molar-refractivity contribution in [2.24, 2.45) is 0 Å². The topological polar surface area (TPSA) is 41.6 Å². The van der Waals surface area contributed by atoms with Gasteiger partial charge in [-0.05, 0) is 29.7 Å². The van der Waals surface area contributed by atoms with Crippen molar-refractivity contribution in [3.05, 3.63) is 34.4 Å². The van der Waals surface area contributed by atoms with Crippen LogP contribution in [0.25, 0.3) is 0 Å². The molecule has 2 aliphatic rings. The number of carbonyl (C=O) groups excluding carboxylic acids is 1. The highest BCUT2D eigenvalue weighted by Crippen LogP contribution is 2.36. The highest BCUT2D eigenvalue weighted by Gasteiger charge is 2.37. The molecule has 1 atom stereocenters. The molecule has 1 aromatic rings. The highest BCUT2D eigenvalue weighted by atomic mass is 19.4. The smallest absolute Gasteiger partial charge is 0.376 e. The van der Waals surface area contributed by atoms with E-state index in [1.165, 1.54) is 6.07 Å². The zero-order valence-electron chi connectivity index (χ0n) is 12.9. The summed E-state index contributed by atoms with van der Waals surface area (Å²) in [6.07, 6.45) is -3.47. The summed E-state index contributed by atoms with van der Waals surface area (Å²) >= 11 is 0. The Labute approximate surface area is 132 Å². The van der Waals surface area contributed by atoms with Crippen LogP contribution in [-0.4, -0.2) is 36.6 Å². The third kappa shape index (κ3) is 3.35. The van der Waals surface area contributed by atoms with Crippen molar-refractivity contribution < 1.29 is 22.7 Å². The maximum atomic E-state index is 13.3. The van der Waals surface area contributed by atoms with E-state index in [4.69, 9.17) is 4.74 Å². The Kier molecular flexibility index (Phi) is 4.33. The number of amides is 1. The van der Waals surface area contributed by atoms with Gasteiger partial charge in [0.1, 0.15) is 0 Å². The number of nitrogens with one attached hydrogen (secondary N) is 1. The quantitative estimate of drug-likeness (QED) is 0.927. The molecular formula is C16H19F3N2O2. The standard InChI is InChI=1S/C16H19F3N2O2/c1-2-11-9-21(3-4-23-11)8-10-5-12-13(7-20-15(12)22)14(6-10)16(17,18)19/h5-6,11H,2-4,7-9H2,1H3,(H,20,22)/t11-/m1/s1. The number of hydrogen-bond acceptors (Lipinski definition) is 3. The van der Waals surface area contributed by atoms with E-state index in [9.17, 15) is 18.0 Å². The summed E-state index contributed by atoms with van der Waals surface area (Å²) in [6, 6.07) is 2.76. The van der Waals surface area contributed by atoms with Gasteiger partial charge in [-0.2, -0.15) is 13.2 Å². The molecule has 0 radical (unpaired) electrons. The summed E-state index contributed by atoms with van der Waals surface area (Å²) in [7, 11) is 0. The predicted octanol–water partition coefficient (Wildman–Crippen LogP) is 2.56. The summed E-state index contributed by atoms with van der Waals surface area (Å²) in [5, 5.41) is 2.47. The zero-order valence-corrected chi connectivity index (χ0v) is 12.9. The minimum Gasteiger partial charge on any atom is -0.376 e. The lowest BCUT2D eigenvalue weighted by atomic mass is 9.98. The van der Waals surface area contributed by atoms with Gasteiger partial charge < -0.3 is 10.1 Å². The molecule has 0 bridgehead atoms. The van der Waals surface area contributed by atoms with Crippen LogP contribution in [0.3, 0.4) is 0 Å². The van der Waals surface area contributed by atoms with Gasteiger partial charge in [-0.25, -0.2) is 0 Å². The second kappa shape index (κ2) is 6.13. The molecular weight excluding hydrogens is 309 g/mol.